The number of likely N-dealkylation sites (N-methyl/N-ethyl adjacent to an activating group) is 1. The molecule has 0 aromatic heterocycles. The number of nitrogens with two attached hydrogens (primary N) is 2. The van der Waals surface area contributed by atoms with E-state index in [0.29, 0.717) is 13.1 Å². The molecule has 0 fully saturated rings. The van der Waals surface area contributed by atoms with Crippen molar-refractivity contribution < 1.29 is 4.79 Å². The lowest BCUT2D eigenvalue weighted by Gasteiger charge is -2.27. The summed E-state index contributed by atoms with van der Waals surface area (Å²) in [5.41, 5.74) is 10.6. The average Bonchev–Trinajstić information content (AvgIpc) is 1.84. The maximum atomic E-state index is 10.5. The Morgan fingerprint density at radius 3 is 2.33 bits per heavy atom. The van der Waals surface area contributed by atoms with Gasteiger partial charge in [0.25, 0.3) is 0 Å². The molecule has 0 unspecified atom stereocenters. The first-order valence-corrected chi connectivity index (χ1v) is 4.04. The van der Waals surface area contributed by atoms with Crippen molar-refractivity contribution >= 4 is 5.91 Å². The van der Waals surface area contributed by atoms with Crippen LogP contribution in [-0.4, -0.2) is 37.5 Å². The first kappa shape index (κ1) is 11.4. The van der Waals surface area contributed by atoms with Gasteiger partial charge in [0.15, 0.2) is 0 Å². The predicted molar refractivity (Wildman–Crippen MR) is 49.5 cm³/mol. The minimum absolute atomic E-state index is 0.0458. The Hall–Kier alpha value is -0.610. The summed E-state index contributed by atoms with van der Waals surface area (Å²) in [5.74, 6) is -0.301. The van der Waals surface area contributed by atoms with E-state index in [0.717, 1.165) is 6.54 Å². The third kappa shape index (κ3) is 5.09. The molecule has 12 heavy (non-hydrogen) atoms. The maximum Gasteiger partial charge on any atom is 0.231 e. The van der Waals surface area contributed by atoms with Crippen LogP contribution >= 0.6 is 0 Å². The van der Waals surface area contributed by atoms with Crippen molar-refractivity contribution in [3.05, 3.63) is 0 Å². The zero-order valence-electron chi connectivity index (χ0n) is 8.13. The molecule has 0 saturated carbocycles. The van der Waals surface area contributed by atoms with Crippen LogP contribution in [0.4, 0.5) is 0 Å². The van der Waals surface area contributed by atoms with Crippen LogP contribution in [0.25, 0.3) is 0 Å². The zero-order chi connectivity index (χ0) is 9.78. The van der Waals surface area contributed by atoms with Gasteiger partial charge in [-0.1, -0.05) is 13.8 Å². The van der Waals surface area contributed by atoms with Crippen molar-refractivity contribution in [2.45, 2.75) is 13.8 Å². The van der Waals surface area contributed by atoms with E-state index >= 15 is 0 Å². The molecule has 0 bridgehead atoms. The molecule has 4 N–H and O–H groups in total. The number of rotatable bonds is 5. The van der Waals surface area contributed by atoms with Gasteiger partial charge in [-0.05, 0) is 19.0 Å². The van der Waals surface area contributed by atoms with Crippen LogP contribution in [-0.2, 0) is 4.79 Å². The largest absolute Gasteiger partial charge is 0.369 e. The van der Waals surface area contributed by atoms with Gasteiger partial charge in [-0.15, -0.1) is 0 Å². The summed E-state index contributed by atoms with van der Waals surface area (Å²) in [6.45, 7) is 5.81. The number of hydrogen-bond acceptors (Lipinski definition) is 3. The topological polar surface area (TPSA) is 72.3 Å². The predicted octanol–water partition coefficient (Wildman–Crippen LogP) is -0.612. The van der Waals surface area contributed by atoms with Crippen LogP contribution in [0.15, 0.2) is 0 Å². The Labute approximate surface area is 73.9 Å². The summed E-state index contributed by atoms with van der Waals surface area (Å²) < 4.78 is 0. The molecule has 0 rings (SSSR count). The molecule has 4 nitrogen and oxygen atoms in total. The van der Waals surface area contributed by atoms with Gasteiger partial charge in [0.2, 0.25) is 5.91 Å². The van der Waals surface area contributed by atoms with E-state index in [1.807, 2.05) is 11.9 Å². The molecule has 1 amide bonds. The highest BCUT2D eigenvalue weighted by atomic mass is 16.1. The van der Waals surface area contributed by atoms with Gasteiger partial charge in [-0.3, -0.25) is 9.69 Å². The van der Waals surface area contributed by atoms with Crippen molar-refractivity contribution in [3.63, 3.8) is 0 Å². The van der Waals surface area contributed by atoms with Crippen molar-refractivity contribution in [2.75, 3.05) is 26.7 Å². The Morgan fingerprint density at radius 2 is 2.00 bits per heavy atom. The van der Waals surface area contributed by atoms with Crippen LogP contribution in [0, 0.1) is 5.41 Å². The molecule has 0 saturated heterocycles. The molecular weight excluding hydrogens is 154 g/mol. The maximum absolute atomic E-state index is 10.5. The number of nitrogens with zero attached hydrogens (tertiary/aromatic N) is 1. The highest BCUT2D eigenvalue weighted by Gasteiger charge is 2.18. The summed E-state index contributed by atoms with van der Waals surface area (Å²) in [7, 11) is 1.86. The molecule has 0 atom stereocenters. The highest BCUT2D eigenvalue weighted by Crippen LogP contribution is 2.13. The van der Waals surface area contributed by atoms with Gasteiger partial charge in [0.05, 0.1) is 6.54 Å². The average molecular weight is 173 g/mol. The molecule has 4 heteroatoms. The summed E-state index contributed by atoms with van der Waals surface area (Å²) in [4.78, 5) is 12.4. The first-order valence-electron chi connectivity index (χ1n) is 4.04. The fourth-order valence-electron chi connectivity index (χ4n) is 1.12. The third-order valence-corrected chi connectivity index (χ3v) is 1.68. The number of amides is 1. The molecule has 0 aliphatic heterocycles. The lowest BCUT2D eigenvalue weighted by molar-refractivity contribution is -0.119. The number of hydrogen-bond donors (Lipinski definition) is 2. The summed E-state index contributed by atoms with van der Waals surface area (Å²) in [5, 5.41) is 0. The first-order chi connectivity index (χ1) is 5.37. The number of primary amides is 1. The molecule has 0 aliphatic carbocycles. The third-order valence-electron chi connectivity index (χ3n) is 1.68. The normalized spacial score (nSPS) is 12.1. The Balaban J connectivity index is 3.83. The van der Waals surface area contributed by atoms with Crippen LogP contribution in [0.3, 0.4) is 0 Å². The van der Waals surface area contributed by atoms with Gasteiger partial charge in [0, 0.05) is 6.54 Å². The van der Waals surface area contributed by atoms with E-state index in [2.05, 4.69) is 13.8 Å². The molecule has 72 valence electrons. The van der Waals surface area contributed by atoms with Crippen molar-refractivity contribution in [1.82, 2.24) is 4.90 Å². The molecular formula is C8H19N3O. The van der Waals surface area contributed by atoms with Crippen molar-refractivity contribution in [1.29, 1.82) is 0 Å². The second-order valence-corrected chi connectivity index (χ2v) is 4.01. The summed E-state index contributed by atoms with van der Waals surface area (Å²) in [6.07, 6.45) is 0. The Kier molecular flexibility index (Phi) is 4.20. The van der Waals surface area contributed by atoms with Crippen LogP contribution in [0.5, 0.6) is 0 Å². The number of carbonyl (C=O) groups is 1. The smallest absolute Gasteiger partial charge is 0.231 e. The van der Waals surface area contributed by atoms with Gasteiger partial charge in [-0.2, -0.15) is 0 Å². The molecule has 0 heterocycles. The molecule has 0 spiro atoms. The summed E-state index contributed by atoms with van der Waals surface area (Å²) in [6, 6.07) is 0. The Morgan fingerprint density at radius 1 is 1.50 bits per heavy atom. The molecule has 0 radical (unpaired) electrons. The van der Waals surface area contributed by atoms with E-state index < -0.39 is 0 Å². The van der Waals surface area contributed by atoms with Crippen molar-refractivity contribution in [2.24, 2.45) is 16.9 Å². The van der Waals surface area contributed by atoms with Crippen molar-refractivity contribution in [3.8, 4) is 0 Å². The van der Waals surface area contributed by atoms with E-state index in [4.69, 9.17) is 11.5 Å². The Bertz CT molecular complexity index is 156. The second kappa shape index (κ2) is 4.42. The fourth-order valence-corrected chi connectivity index (χ4v) is 1.12. The second-order valence-electron chi connectivity index (χ2n) is 4.01. The van der Waals surface area contributed by atoms with E-state index in [1.165, 1.54) is 0 Å². The minimum atomic E-state index is -0.301. The van der Waals surface area contributed by atoms with E-state index in [1.54, 1.807) is 0 Å². The molecule has 0 aromatic carbocycles. The quantitative estimate of drug-likeness (QED) is 0.582. The SMILES string of the molecule is CN(CC(N)=O)CC(C)(C)CN. The summed E-state index contributed by atoms with van der Waals surface area (Å²) >= 11 is 0. The lowest BCUT2D eigenvalue weighted by Crippen LogP contribution is -2.40. The molecule has 0 aliphatic rings. The zero-order valence-corrected chi connectivity index (χ0v) is 8.13. The lowest BCUT2D eigenvalue weighted by atomic mass is 9.93. The monoisotopic (exact) mass is 173 g/mol. The van der Waals surface area contributed by atoms with Gasteiger partial charge >= 0.3 is 0 Å². The fraction of sp³-hybridized carbons (Fsp3) is 0.875. The van der Waals surface area contributed by atoms with Gasteiger partial charge in [-0.25, -0.2) is 0 Å². The van der Waals surface area contributed by atoms with E-state index in [-0.39, 0.29) is 11.3 Å². The minimum Gasteiger partial charge on any atom is -0.369 e. The van der Waals surface area contributed by atoms with Gasteiger partial charge < -0.3 is 11.5 Å². The van der Waals surface area contributed by atoms with Crippen LogP contribution < -0.4 is 11.5 Å². The number of carbonyl (C=O) groups excluding carboxylic acids is 1. The standard InChI is InChI=1S/C8H19N3O/c1-8(2,5-9)6-11(3)4-7(10)12/h4-6,9H2,1-3H3,(H2,10,12). The van der Waals surface area contributed by atoms with Gasteiger partial charge in [0.1, 0.15) is 0 Å². The molecule has 0 aromatic rings. The van der Waals surface area contributed by atoms with E-state index in [9.17, 15) is 4.79 Å². The van der Waals surface area contributed by atoms with Crippen LogP contribution in [0.2, 0.25) is 0 Å². The van der Waals surface area contributed by atoms with Crippen LogP contribution in [0.1, 0.15) is 13.8 Å². The highest BCUT2D eigenvalue weighted by molar-refractivity contribution is 5.75.